The molecule has 3 rings (SSSR count). The minimum atomic E-state index is -3.91. The van der Waals surface area contributed by atoms with Crippen molar-refractivity contribution in [1.82, 2.24) is 5.43 Å². The first-order valence-corrected chi connectivity index (χ1v) is 10.2. The molecule has 0 bridgehead atoms. The number of nitrogens with one attached hydrogen (secondary N) is 2. The topological polar surface area (TPSA) is 87.6 Å². The summed E-state index contributed by atoms with van der Waals surface area (Å²) in [5.74, 6) is -1.12. The number of hydrogen-bond acceptors (Lipinski definition) is 4. The normalized spacial score (nSPS) is 11.4. The Hall–Kier alpha value is -3.23. The van der Waals surface area contributed by atoms with Gasteiger partial charge in [0.15, 0.2) is 0 Å². The number of amides is 1. The Labute approximate surface area is 172 Å². The molecule has 0 heterocycles. The van der Waals surface area contributed by atoms with Gasteiger partial charge in [-0.2, -0.15) is 5.10 Å². The van der Waals surface area contributed by atoms with E-state index in [2.05, 4.69) is 15.2 Å². The molecule has 0 fully saturated rings. The van der Waals surface area contributed by atoms with Gasteiger partial charge in [0.05, 0.1) is 11.1 Å². The molecule has 1 amide bonds. The van der Waals surface area contributed by atoms with Crippen LogP contribution < -0.4 is 10.1 Å². The minimum absolute atomic E-state index is 0.0784. The maximum absolute atomic E-state index is 13.5. The van der Waals surface area contributed by atoms with Gasteiger partial charge in [0.2, 0.25) is 0 Å². The number of carbonyl (C=O) groups excluding carboxylic acids is 1. The van der Waals surface area contributed by atoms with Crippen LogP contribution in [0.1, 0.15) is 15.9 Å². The number of anilines is 1. The zero-order valence-electron chi connectivity index (χ0n) is 14.8. The number of hydrogen-bond donors (Lipinski definition) is 2. The van der Waals surface area contributed by atoms with Crippen LogP contribution in [-0.2, 0) is 10.0 Å². The SMILES string of the molecule is O=C(N/N=C/c1ccccc1F)c1cccc(S(=O)(=O)Nc2ccc(Cl)cc2)c1. The first kappa shape index (κ1) is 20.5. The van der Waals surface area contributed by atoms with Gasteiger partial charge in [-0.3, -0.25) is 9.52 Å². The fourth-order valence-electron chi connectivity index (χ4n) is 2.34. The van der Waals surface area contributed by atoms with E-state index in [-0.39, 0.29) is 16.0 Å². The minimum Gasteiger partial charge on any atom is -0.280 e. The molecule has 0 aliphatic rings. The van der Waals surface area contributed by atoms with Crippen LogP contribution in [0.15, 0.2) is 82.8 Å². The molecule has 6 nitrogen and oxygen atoms in total. The Morgan fingerprint density at radius 2 is 1.72 bits per heavy atom. The number of halogens is 2. The van der Waals surface area contributed by atoms with Gasteiger partial charge in [0, 0.05) is 21.8 Å². The highest BCUT2D eigenvalue weighted by atomic mass is 35.5. The number of sulfonamides is 1. The number of rotatable bonds is 6. The molecule has 2 N–H and O–H groups in total. The largest absolute Gasteiger partial charge is 0.280 e. The second-order valence-electron chi connectivity index (χ2n) is 5.86. The highest BCUT2D eigenvalue weighted by molar-refractivity contribution is 7.92. The van der Waals surface area contributed by atoms with Crippen molar-refractivity contribution in [3.05, 3.63) is 94.8 Å². The van der Waals surface area contributed by atoms with E-state index in [9.17, 15) is 17.6 Å². The van der Waals surface area contributed by atoms with E-state index in [1.54, 1.807) is 18.2 Å². The zero-order chi connectivity index (χ0) is 20.9. The third-order valence-electron chi connectivity index (χ3n) is 3.78. The van der Waals surface area contributed by atoms with Crippen molar-refractivity contribution in [1.29, 1.82) is 0 Å². The molecule has 0 aliphatic carbocycles. The summed E-state index contributed by atoms with van der Waals surface area (Å²) in [6, 6.07) is 17.5. The summed E-state index contributed by atoms with van der Waals surface area (Å²) in [5.41, 5.74) is 2.86. The molecule has 0 saturated carbocycles. The molecule has 0 atom stereocenters. The fraction of sp³-hybridized carbons (Fsp3) is 0. The molecule has 148 valence electrons. The van der Waals surface area contributed by atoms with E-state index in [4.69, 9.17) is 11.6 Å². The van der Waals surface area contributed by atoms with Gasteiger partial charge in [0.1, 0.15) is 5.82 Å². The van der Waals surface area contributed by atoms with Gasteiger partial charge in [0.25, 0.3) is 15.9 Å². The highest BCUT2D eigenvalue weighted by Gasteiger charge is 2.16. The molecular formula is C20H15ClFN3O3S. The smallest absolute Gasteiger partial charge is 0.271 e. The lowest BCUT2D eigenvalue weighted by molar-refractivity contribution is 0.0955. The molecule has 0 radical (unpaired) electrons. The molecule has 0 aromatic heterocycles. The lowest BCUT2D eigenvalue weighted by Crippen LogP contribution is -2.19. The third-order valence-corrected chi connectivity index (χ3v) is 5.41. The molecule has 0 unspecified atom stereocenters. The Morgan fingerprint density at radius 1 is 1.00 bits per heavy atom. The predicted molar refractivity (Wildman–Crippen MR) is 110 cm³/mol. The van der Waals surface area contributed by atoms with Crippen LogP contribution in [0.4, 0.5) is 10.1 Å². The summed E-state index contributed by atoms with van der Waals surface area (Å²) in [4.78, 5) is 12.1. The standard InChI is InChI=1S/C20H15ClFN3O3S/c21-16-8-10-17(11-9-16)25-29(27,28)18-6-3-5-14(12-18)20(26)24-23-13-15-4-1-2-7-19(15)22/h1-13,25H,(H,24,26)/b23-13+. The highest BCUT2D eigenvalue weighted by Crippen LogP contribution is 2.19. The molecule has 0 saturated heterocycles. The summed E-state index contributed by atoms with van der Waals surface area (Å²) in [7, 11) is -3.91. The molecule has 0 aliphatic heterocycles. The van der Waals surface area contributed by atoms with Crippen LogP contribution in [0.25, 0.3) is 0 Å². The Bertz CT molecular complexity index is 1170. The zero-order valence-corrected chi connectivity index (χ0v) is 16.4. The third kappa shape index (κ3) is 5.40. The summed E-state index contributed by atoms with van der Waals surface area (Å²) in [6.07, 6.45) is 1.16. The van der Waals surface area contributed by atoms with Gasteiger partial charge in [-0.05, 0) is 48.5 Å². The average Bonchev–Trinajstić information content (AvgIpc) is 2.71. The number of carbonyl (C=O) groups is 1. The van der Waals surface area contributed by atoms with E-state index in [0.717, 1.165) is 6.21 Å². The van der Waals surface area contributed by atoms with E-state index < -0.39 is 21.7 Å². The van der Waals surface area contributed by atoms with Crippen molar-refractivity contribution in [2.75, 3.05) is 4.72 Å². The second-order valence-corrected chi connectivity index (χ2v) is 7.98. The van der Waals surface area contributed by atoms with Crippen molar-refractivity contribution in [3.8, 4) is 0 Å². The van der Waals surface area contributed by atoms with Gasteiger partial charge in [-0.1, -0.05) is 35.9 Å². The lowest BCUT2D eigenvalue weighted by atomic mass is 10.2. The maximum atomic E-state index is 13.5. The predicted octanol–water partition coefficient (Wildman–Crippen LogP) is 4.04. The Balaban J connectivity index is 1.73. The van der Waals surface area contributed by atoms with Gasteiger partial charge < -0.3 is 0 Å². The van der Waals surface area contributed by atoms with Crippen molar-refractivity contribution < 1.29 is 17.6 Å². The van der Waals surface area contributed by atoms with Crippen molar-refractivity contribution >= 4 is 39.4 Å². The summed E-state index contributed by atoms with van der Waals surface area (Å²) >= 11 is 5.79. The van der Waals surface area contributed by atoms with E-state index in [0.29, 0.717) is 10.7 Å². The van der Waals surface area contributed by atoms with E-state index in [1.165, 1.54) is 54.6 Å². The number of nitrogens with zero attached hydrogens (tertiary/aromatic N) is 1. The summed E-state index contributed by atoms with van der Waals surface area (Å²) in [5, 5.41) is 4.18. The second kappa shape index (κ2) is 8.85. The molecular weight excluding hydrogens is 417 g/mol. The molecule has 0 spiro atoms. The molecule has 9 heteroatoms. The summed E-state index contributed by atoms with van der Waals surface area (Å²) in [6.45, 7) is 0. The van der Waals surface area contributed by atoms with Crippen LogP contribution >= 0.6 is 11.6 Å². The van der Waals surface area contributed by atoms with Gasteiger partial charge in [-0.25, -0.2) is 18.2 Å². The number of benzene rings is 3. The van der Waals surface area contributed by atoms with Gasteiger partial charge >= 0.3 is 0 Å². The fourth-order valence-corrected chi connectivity index (χ4v) is 3.57. The van der Waals surface area contributed by atoms with E-state index >= 15 is 0 Å². The van der Waals surface area contributed by atoms with Crippen molar-refractivity contribution in [3.63, 3.8) is 0 Å². The molecule has 3 aromatic rings. The molecule has 29 heavy (non-hydrogen) atoms. The summed E-state index contributed by atoms with van der Waals surface area (Å²) < 4.78 is 41.0. The Kier molecular flexibility index (Phi) is 6.26. The first-order valence-electron chi connectivity index (χ1n) is 8.31. The first-order chi connectivity index (χ1) is 13.8. The van der Waals surface area contributed by atoms with Crippen LogP contribution in [0.5, 0.6) is 0 Å². The molecule has 3 aromatic carbocycles. The van der Waals surface area contributed by atoms with Crippen LogP contribution in [0.2, 0.25) is 5.02 Å². The van der Waals surface area contributed by atoms with Crippen LogP contribution in [-0.4, -0.2) is 20.5 Å². The number of hydrazone groups is 1. The van der Waals surface area contributed by atoms with Crippen LogP contribution in [0.3, 0.4) is 0 Å². The quantitative estimate of drug-likeness (QED) is 0.456. The lowest BCUT2D eigenvalue weighted by Gasteiger charge is -2.09. The Morgan fingerprint density at radius 3 is 2.45 bits per heavy atom. The van der Waals surface area contributed by atoms with Crippen molar-refractivity contribution in [2.24, 2.45) is 5.10 Å². The maximum Gasteiger partial charge on any atom is 0.271 e. The average molecular weight is 432 g/mol. The monoisotopic (exact) mass is 431 g/mol. The van der Waals surface area contributed by atoms with Crippen molar-refractivity contribution in [2.45, 2.75) is 4.90 Å². The van der Waals surface area contributed by atoms with E-state index in [1.807, 2.05) is 0 Å². The van der Waals surface area contributed by atoms with Gasteiger partial charge in [-0.15, -0.1) is 0 Å². The van der Waals surface area contributed by atoms with Crippen LogP contribution in [0, 0.1) is 5.82 Å².